The molecule has 2 aromatic rings. The van der Waals surface area contributed by atoms with Crippen molar-refractivity contribution in [2.75, 3.05) is 11.4 Å². The molecule has 0 spiro atoms. The SMILES string of the molecule is CCNCc1ccnc(N2C(=O)c3ccccc3C2=O)c1. The monoisotopic (exact) mass is 281 g/mol. The zero-order valence-corrected chi connectivity index (χ0v) is 11.7. The van der Waals surface area contributed by atoms with Crippen LogP contribution in [0.25, 0.3) is 0 Å². The molecule has 0 fully saturated rings. The summed E-state index contributed by atoms with van der Waals surface area (Å²) in [6.45, 7) is 3.55. The van der Waals surface area contributed by atoms with Crippen LogP contribution in [0.4, 0.5) is 5.82 Å². The zero-order chi connectivity index (χ0) is 14.8. The number of aromatic nitrogens is 1. The quantitative estimate of drug-likeness (QED) is 0.871. The average molecular weight is 281 g/mol. The van der Waals surface area contributed by atoms with Gasteiger partial charge >= 0.3 is 0 Å². The van der Waals surface area contributed by atoms with Gasteiger partial charge in [0, 0.05) is 12.7 Å². The Labute approximate surface area is 122 Å². The van der Waals surface area contributed by atoms with Crippen LogP contribution in [0, 0.1) is 0 Å². The minimum absolute atomic E-state index is 0.316. The highest BCUT2D eigenvalue weighted by atomic mass is 16.2. The van der Waals surface area contributed by atoms with Gasteiger partial charge in [0.1, 0.15) is 5.82 Å². The van der Waals surface area contributed by atoms with Crippen LogP contribution in [-0.2, 0) is 6.54 Å². The van der Waals surface area contributed by atoms with Gasteiger partial charge < -0.3 is 5.32 Å². The summed E-state index contributed by atoms with van der Waals surface area (Å²) in [4.78, 5) is 30.1. The lowest BCUT2D eigenvalue weighted by molar-refractivity contribution is 0.0925. The van der Waals surface area contributed by atoms with Crippen molar-refractivity contribution in [3.8, 4) is 0 Å². The molecule has 21 heavy (non-hydrogen) atoms. The number of carbonyl (C=O) groups excluding carboxylic acids is 2. The summed E-state index contributed by atoms with van der Waals surface area (Å²) in [5.74, 6) is -0.260. The first-order chi connectivity index (χ1) is 10.2. The zero-order valence-electron chi connectivity index (χ0n) is 11.7. The second-order valence-corrected chi connectivity index (χ2v) is 4.79. The first-order valence-corrected chi connectivity index (χ1v) is 6.86. The van der Waals surface area contributed by atoms with Gasteiger partial charge in [-0.25, -0.2) is 9.88 Å². The minimum atomic E-state index is -0.316. The van der Waals surface area contributed by atoms with Gasteiger partial charge in [-0.3, -0.25) is 9.59 Å². The Morgan fingerprint density at radius 2 is 1.76 bits per heavy atom. The molecule has 0 unspecified atom stereocenters. The van der Waals surface area contributed by atoms with Gasteiger partial charge in [0.2, 0.25) is 0 Å². The number of hydrogen-bond acceptors (Lipinski definition) is 4. The maximum absolute atomic E-state index is 12.4. The van der Waals surface area contributed by atoms with Crippen molar-refractivity contribution in [1.29, 1.82) is 0 Å². The molecule has 0 saturated carbocycles. The van der Waals surface area contributed by atoms with Crippen molar-refractivity contribution >= 4 is 17.6 Å². The molecular weight excluding hydrogens is 266 g/mol. The molecule has 1 N–H and O–H groups in total. The molecule has 0 radical (unpaired) electrons. The van der Waals surface area contributed by atoms with Crippen LogP contribution in [0.1, 0.15) is 33.2 Å². The van der Waals surface area contributed by atoms with E-state index in [1.165, 1.54) is 0 Å². The van der Waals surface area contributed by atoms with E-state index in [1.54, 1.807) is 36.5 Å². The lowest BCUT2D eigenvalue weighted by atomic mass is 10.1. The molecule has 1 aromatic heterocycles. The van der Waals surface area contributed by atoms with E-state index in [-0.39, 0.29) is 11.8 Å². The number of benzene rings is 1. The highest BCUT2D eigenvalue weighted by molar-refractivity contribution is 6.34. The van der Waals surface area contributed by atoms with E-state index in [2.05, 4.69) is 10.3 Å². The third-order valence-corrected chi connectivity index (χ3v) is 3.41. The molecule has 5 nitrogen and oxygen atoms in total. The number of carbonyl (C=O) groups is 2. The highest BCUT2D eigenvalue weighted by Gasteiger charge is 2.37. The van der Waals surface area contributed by atoms with Crippen LogP contribution in [0.5, 0.6) is 0 Å². The minimum Gasteiger partial charge on any atom is -0.313 e. The molecule has 1 aliphatic rings. The van der Waals surface area contributed by atoms with Crippen molar-refractivity contribution in [2.45, 2.75) is 13.5 Å². The maximum atomic E-state index is 12.4. The second-order valence-electron chi connectivity index (χ2n) is 4.79. The highest BCUT2D eigenvalue weighted by Crippen LogP contribution is 2.27. The number of imide groups is 1. The Kier molecular flexibility index (Phi) is 3.50. The molecule has 5 heteroatoms. The topological polar surface area (TPSA) is 62.3 Å². The number of nitrogens with one attached hydrogen (secondary N) is 1. The number of anilines is 1. The fourth-order valence-corrected chi connectivity index (χ4v) is 2.36. The summed E-state index contributed by atoms with van der Waals surface area (Å²) in [6, 6.07) is 10.5. The van der Waals surface area contributed by atoms with Gasteiger partial charge in [0.05, 0.1) is 11.1 Å². The van der Waals surface area contributed by atoms with Crippen molar-refractivity contribution < 1.29 is 9.59 Å². The second kappa shape index (κ2) is 5.46. The summed E-state index contributed by atoms with van der Waals surface area (Å²) >= 11 is 0. The molecule has 1 aromatic carbocycles. The molecule has 2 amide bonds. The standard InChI is InChI=1S/C16H15N3O2/c1-2-17-10-11-7-8-18-14(9-11)19-15(20)12-5-3-4-6-13(12)16(19)21/h3-9,17H,2,10H2,1H3. The Hall–Kier alpha value is -2.53. The molecule has 3 rings (SSSR count). The smallest absolute Gasteiger partial charge is 0.267 e. The van der Waals surface area contributed by atoms with E-state index in [0.29, 0.717) is 23.5 Å². The summed E-state index contributed by atoms with van der Waals surface area (Å²) < 4.78 is 0. The van der Waals surface area contributed by atoms with Crippen LogP contribution >= 0.6 is 0 Å². The van der Waals surface area contributed by atoms with Gasteiger partial charge in [-0.15, -0.1) is 0 Å². The molecule has 2 heterocycles. The Morgan fingerprint density at radius 3 is 2.38 bits per heavy atom. The van der Waals surface area contributed by atoms with Gasteiger partial charge in [-0.1, -0.05) is 19.1 Å². The summed E-state index contributed by atoms with van der Waals surface area (Å²) in [5.41, 5.74) is 1.85. The molecule has 0 bridgehead atoms. The Morgan fingerprint density at radius 1 is 1.10 bits per heavy atom. The Balaban J connectivity index is 1.95. The van der Waals surface area contributed by atoms with Crippen LogP contribution < -0.4 is 10.2 Å². The summed E-state index contributed by atoms with van der Waals surface area (Å²) in [7, 11) is 0. The molecule has 0 atom stereocenters. The third kappa shape index (κ3) is 2.32. The Bertz CT molecular complexity index is 677. The molecule has 1 aliphatic heterocycles. The van der Waals surface area contributed by atoms with E-state index in [9.17, 15) is 9.59 Å². The van der Waals surface area contributed by atoms with Crippen LogP contribution in [0.2, 0.25) is 0 Å². The number of rotatable bonds is 4. The number of pyridine rings is 1. The van der Waals surface area contributed by atoms with Crippen molar-refractivity contribution in [3.63, 3.8) is 0 Å². The van der Waals surface area contributed by atoms with E-state index in [0.717, 1.165) is 17.0 Å². The van der Waals surface area contributed by atoms with E-state index in [4.69, 9.17) is 0 Å². The van der Waals surface area contributed by atoms with Crippen molar-refractivity contribution in [2.24, 2.45) is 0 Å². The van der Waals surface area contributed by atoms with Crippen LogP contribution in [0.15, 0.2) is 42.6 Å². The predicted molar refractivity (Wildman–Crippen MR) is 79.2 cm³/mol. The van der Waals surface area contributed by atoms with E-state index in [1.807, 2.05) is 13.0 Å². The van der Waals surface area contributed by atoms with Gasteiger partial charge in [0.25, 0.3) is 11.8 Å². The largest absolute Gasteiger partial charge is 0.313 e. The molecule has 0 aliphatic carbocycles. The number of amides is 2. The van der Waals surface area contributed by atoms with Crippen molar-refractivity contribution in [3.05, 3.63) is 59.3 Å². The van der Waals surface area contributed by atoms with Gasteiger partial charge in [-0.05, 0) is 36.4 Å². The fourth-order valence-electron chi connectivity index (χ4n) is 2.36. The van der Waals surface area contributed by atoms with E-state index >= 15 is 0 Å². The number of hydrogen-bond donors (Lipinski definition) is 1. The first-order valence-electron chi connectivity index (χ1n) is 6.86. The number of fused-ring (bicyclic) bond motifs is 1. The summed E-state index contributed by atoms with van der Waals surface area (Å²) in [6.07, 6.45) is 1.62. The fraction of sp³-hybridized carbons (Fsp3) is 0.188. The average Bonchev–Trinajstić information content (AvgIpc) is 2.78. The van der Waals surface area contributed by atoms with Crippen LogP contribution in [-0.4, -0.2) is 23.3 Å². The molecular formula is C16H15N3O2. The van der Waals surface area contributed by atoms with E-state index < -0.39 is 0 Å². The summed E-state index contributed by atoms with van der Waals surface area (Å²) in [5, 5.41) is 3.21. The number of nitrogens with zero attached hydrogens (tertiary/aromatic N) is 2. The third-order valence-electron chi connectivity index (χ3n) is 3.41. The van der Waals surface area contributed by atoms with Gasteiger partial charge in [-0.2, -0.15) is 0 Å². The lowest BCUT2D eigenvalue weighted by Gasteiger charge is -2.13. The first kappa shape index (κ1) is 13.5. The van der Waals surface area contributed by atoms with Crippen LogP contribution in [0.3, 0.4) is 0 Å². The van der Waals surface area contributed by atoms with Crippen molar-refractivity contribution in [1.82, 2.24) is 10.3 Å². The predicted octanol–water partition coefficient (Wildman–Crippen LogP) is 1.99. The maximum Gasteiger partial charge on any atom is 0.267 e. The normalized spacial score (nSPS) is 13.7. The van der Waals surface area contributed by atoms with Gasteiger partial charge in [0.15, 0.2) is 0 Å². The molecule has 106 valence electrons. The lowest BCUT2D eigenvalue weighted by Crippen LogP contribution is -2.30. The molecule has 0 saturated heterocycles.